The summed E-state index contributed by atoms with van der Waals surface area (Å²) in [7, 11) is 1.32. The number of phenols is 5. The molecule has 5 N–H and O–H groups in total. The van der Waals surface area contributed by atoms with Crippen molar-refractivity contribution in [3.8, 4) is 34.5 Å². The summed E-state index contributed by atoms with van der Waals surface area (Å²) in [5, 5.41) is 54.1. The normalized spacial score (nSPS) is 11.3. The molecule has 0 amide bonds. The summed E-state index contributed by atoms with van der Waals surface area (Å²) >= 11 is 0. The Morgan fingerprint density at radius 1 is 0.794 bits per heavy atom. The van der Waals surface area contributed by atoms with Crippen molar-refractivity contribution in [2.45, 2.75) is 60.8 Å². The van der Waals surface area contributed by atoms with Crippen LogP contribution in [0.4, 0.5) is 0 Å². The Kier molecular flexibility index (Phi) is 8.08. The Labute approximate surface area is 199 Å². The fourth-order valence-corrected chi connectivity index (χ4v) is 4.02. The van der Waals surface area contributed by atoms with E-state index in [9.17, 15) is 35.1 Å². The Morgan fingerprint density at radius 2 is 1.32 bits per heavy atom. The third-order valence-electron chi connectivity index (χ3n) is 6.00. The molecule has 0 aliphatic heterocycles. The third kappa shape index (κ3) is 4.76. The molecule has 2 aromatic carbocycles. The molecule has 2 rings (SSSR count). The first-order valence-corrected chi connectivity index (χ1v) is 11.2. The number of carbonyl (C=O) groups is 2. The highest BCUT2D eigenvalue weighted by Crippen LogP contribution is 2.48. The minimum atomic E-state index is -0.612. The van der Waals surface area contributed by atoms with E-state index in [1.54, 1.807) is 13.8 Å². The van der Waals surface area contributed by atoms with Crippen LogP contribution in [0.1, 0.15) is 84.0 Å². The zero-order valence-electron chi connectivity index (χ0n) is 20.7. The highest BCUT2D eigenvalue weighted by molar-refractivity contribution is 6.04. The first kappa shape index (κ1) is 26.8. The SMILES string of the molecule is COc1c(C)c(O)c(C(C)=O)c(O)c1Cc1c(O)c(CCC(C)C)c(O)c(C(=O)C(C)C)c1O. The second kappa shape index (κ2) is 10.2. The Balaban J connectivity index is 2.90. The Morgan fingerprint density at radius 3 is 1.79 bits per heavy atom. The number of hydrogen-bond acceptors (Lipinski definition) is 8. The van der Waals surface area contributed by atoms with Crippen molar-refractivity contribution in [3.63, 3.8) is 0 Å². The molecule has 0 aliphatic carbocycles. The molecule has 186 valence electrons. The van der Waals surface area contributed by atoms with Gasteiger partial charge in [0.2, 0.25) is 0 Å². The number of hydrogen-bond donors (Lipinski definition) is 5. The van der Waals surface area contributed by atoms with Crippen LogP contribution in [-0.4, -0.2) is 44.2 Å². The standard InChI is InChI=1S/C26H34O8/c1-11(2)8-9-15-22(30)16(24(32)19(23(15)31)20(28)12(3)4)10-17-25(33)18(14(6)27)21(29)13(5)26(17)34-7/h11-12,29-33H,8-10H2,1-7H3. The average Bonchev–Trinajstić information content (AvgIpc) is 2.73. The van der Waals surface area contributed by atoms with Crippen LogP contribution >= 0.6 is 0 Å². The molecule has 0 aromatic heterocycles. The summed E-state index contributed by atoms with van der Waals surface area (Å²) in [4.78, 5) is 25.0. The third-order valence-corrected chi connectivity index (χ3v) is 6.00. The molecular formula is C26H34O8. The molecule has 0 saturated carbocycles. The van der Waals surface area contributed by atoms with E-state index in [1.807, 2.05) is 13.8 Å². The van der Waals surface area contributed by atoms with E-state index in [2.05, 4.69) is 0 Å². The topological polar surface area (TPSA) is 145 Å². The maximum Gasteiger partial charge on any atom is 0.172 e. The van der Waals surface area contributed by atoms with Gasteiger partial charge in [0, 0.05) is 34.6 Å². The second-order valence-corrected chi connectivity index (χ2v) is 9.27. The Bertz CT molecular complexity index is 1130. The fraction of sp³-hybridized carbons (Fsp3) is 0.462. The number of benzene rings is 2. The van der Waals surface area contributed by atoms with Gasteiger partial charge in [0.05, 0.1) is 7.11 Å². The molecule has 0 radical (unpaired) electrons. The first-order valence-electron chi connectivity index (χ1n) is 11.2. The largest absolute Gasteiger partial charge is 0.507 e. The van der Waals surface area contributed by atoms with Gasteiger partial charge in [0.1, 0.15) is 45.6 Å². The predicted molar refractivity (Wildman–Crippen MR) is 128 cm³/mol. The average molecular weight is 475 g/mol. The van der Waals surface area contributed by atoms with Crippen LogP contribution in [0, 0.1) is 18.8 Å². The van der Waals surface area contributed by atoms with Crippen molar-refractivity contribution < 1.29 is 39.9 Å². The van der Waals surface area contributed by atoms with Gasteiger partial charge >= 0.3 is 0 Å². The summed E-state index contributed by atoms with van der Waals surface area (Å²) in [6, 6.07) is 0. The number of carbonyl (C=O) groups excluding carboxylic acids is 2. The van der Waals surface area contributed by atoms with E-state index >= 15 is 0 Å². The number of phenolic OH excluding ortho intramolecular Hbond substituents is 5. The molecule has 0 heterocycles. The number of rotatable bonds is 9. The minimum absolute atomic E-state index is 0.0389. The fourth-order valence-electron chi connectivity index (χ4n) is 4.02. The molecule has 8 heteroatoms. The first-order chi connectivity index (χ1) is 15.8. The van der Waals surface area contributed by atoms with Crippen molar-refractivity contribution in [1.82, 2.24) is 0 Å². The van der Waals surface area contributed by atoms with Crippen LogP contribution < -0.4 is 4.74 Å². The quantitative estimate of drug-likeness (QED) is 0.327. The molecule has 0 spiro atoms. The highest BCUT2D eigenvalue weighted by atomic mass is 16.5. The van der Waals surface area contributed by atoms with E-state index in [4.69, 9.17) is 4.74 Å². The van der Waals surface area contributed by atoms with Gasteiger partial charge in [-0.25, -0.2) is 0 Å². The van der Waals surface area contributed by atoms with E-state index < -0.39 is 46.2 Å². The molecule has 8 nitrogen and oxygen atoms in total. The minimum Gasteiger partial charge on any atom is -0.507 e. The highest BCUT2D eigenvalue weighted by Gasteiger charge is 2.31. The number of ether oxygens (including phenoxy) is 1. The zero-order chi connectivity index (χ0) is 26.1. The lowest BCUT2D eigenvalue weighted by molar-refractivity contribution is 0.0932. The van der Waals surface area contributed by atoms with Gasteiger partial charge in [0.25, 0.3) is 0 Å². The lowest BCUT2D eigenvalue weighted by Gasteiger charge is -2.22. The molecule has 0 unspecified atom stereocenters. The number of Topliss-reactive ketones (excluding diaryl/α,β-unsaturated/α-hetero) is 2. The van der Waals surface area contributed by atoms with Gasteiger partial charge in [-0.1, -0.05) is 27.7 Å². The van der Waals surface area contributed by atoms with Gasteiger partial charge in [-0.2, -0.15) is 0 Å². The molecule has 0 atom stereocenters. The molecule has 0 saturated heterocycles. The molecule has 0 aliphatic rings. The van der Waals surface area contributed by atoms with Crippen LogP contribution in [0.2, 0.25) is 0 Å². The second-order valence-electron chi connectivity index (χ2n) is 9.27. The molecule has 0 bridgehead atoms. The number of ketones is 2. The van der Waals surface area contributed by atoms with Gasteiger partial charge in [-0.05, 0) is 32.6 Å². The van der Waals surface area contributed by atoms with E-state index in [0.717, 1.165) is 0 Å². The summed E-state index contributed by atoms with van der Waals surface area (Å²) in [5.41, 5.74) is -0.374. The summed E-state index contributed by atoms with van der Waals surface area (Å²) in [6.45, 7) is 9.88. The maximum atomic E-state index is 12.9. The van der Waals surface area contributed by atoms with Crippen molar-refractivity contribution >= 4 is 11.6 Å². The Hall–Kier alpha value is -3.42. The van der Waals surface area contributed by atoms with Crippen LogP contribution in [-0.2, 0) is 12.8 Å². The van der Waals surface area contributed by atoms with Crippen LogP contribution in [0.3, 0.4) is 0 Å². The monoisotopic (exact) mass is 474 g/mol. The van der Waals surface area contributed by atoms with Crippen molar-refractivity contribution in [3.05, 3.63) is 33.4 Å². The van der Waals surface area contributed by atoms with Crippen molar-refractivity contribution in [2.24, 2.45) is 11.8 Å². The zero-order valence-corrected chi connectivity index (χ0v) is 20.7. The molecular weight excluding hydrogens is 440 g/mol. The van der Waals surface area contributed by atoms with Crippen molar-refractivity contribution in [1.29, 1.82) is 0 Å². The summed E-state index contributed by atoms with van der Waals surface area (Å²) in [6.07, 6.45) is 0.515. The van der Waals surface area contributed by atoms with E-state index in [0.29, 0.717) is 6.42 Å². The molecule has 34 heavy (non-hydrogen) atoms. The molecule has 2 aromatic rings. The lowest BCUT2D eigenvalue weighted by atomic mass is 9.87. The van der Waals surface area contributed by atoms with Gasteiger partial charge in [-0.3, -0.25) is 9.59 Å². The number of methoxy groups -OCH3 is 1. The number of aromatic hydroxyl groups is 5. The molecule has 0 fully saturated rings. The van der Waals surface area contributed by atoms with E-state index in [1.165, 1.54) is 21.0 Å². The lowest BCUT2D eigenvalue weighted by Crippen LogP contribution is -2.12. The maximum absolute atomic E-state index is 12.9. The van der Waals surface area contributed by atoms with Gasteiger partial charge in [0.15, 0.2) is 11.6 Å². The predicted octanol–water partition coefficient (Wildman–Crippen LogP) is 4.75. The van der Waals surface area contributed by atoms with Crippen molar-refractivity contribution in [2.75, 3.05) is 7.11 Å². The summed E-state index contributed by atoms with van der Waals surface area (Å²) < 4.78 is 5.36. The smallest absolute Gasteiger partial charge is 0.172 e. The summed E-state index contributed by atoms with van der Waals surface area (Å²) in [5.74, 6) is -3.83. The van der Waals surface area contributed by atoms with Crippen LogP contribution in [0.5, 0.6) is 34.5 Å². The van der Waals surface area contributed by atoms with Gasteiger partial charge in [-0.15, -0.1) is 0 Å². The van der Waals surface area contributed by atoms with Crippen LogP contribution in [0.15, 0.2) is 0 Å². The van der Waals surface area contributed by atoms with E-state index in [-0.39, 0.29) is 57.9 Å². The van der Waals surface area contributed by atoms with Gasteiger partial charge < -0.3 is 30.3 Å². The van der Waals surface area contributed by atoms with Crippen LogP contribution in [0.25, 0.3) is 0 Å².